The second-order valence-electron chi connectivity index (χ2n) is 8.00. The minimum Gasteiger partial charge on any atom is -0.411 e. The number of sulfone groups is 1. The van der Waals surface area contributed by atoms with Crippen molar-refractivity contribution in [3.05, 3.63) is 120 Å². The minimum atomic E-state index is -3.22. The van der Waals surface area contributed by atoms with Crippen LogP contribution in [0.5, 0.6) is 0 Å². The molecule has 0 amide bonds. The molecule has 0 saturated heterocycles. The highest BCUT2D eigenvalue weighted by molar-refractivity contribution is 7.91. The fourth-order valence-electron chi connectivity index (χ4n) is 4.00. The van der Waals surface area contributed by atoms with Gasteiger partial charge in [0.25, 0.3) is 0 Å². The summed E-state index contributed by atoms with van der Waals surface area (Å²) < 4.78 is 24.2. The Morgan fingerprint density at radius 2 is 1.38 bits per heavy atom. The quantitative estimate of drug-likeness (QED) is 0.196. The summed E-state index contributed by atoms with van der Waals surface area (Å²) >= 11 is 0. The van der Waals surface area contributed by atoms with Crippen molar-refractivity contribution in [1.82, 2.24) is 4.98 Å². The lowest BCUT2D eigenvalue weighted by Gasteiger charge is -2.19. The molecule has 4 rings (SSSR count). The zero-order valence-electron chi connectivity index (χ0n) is 18.9. The van der Waals surface area contributed by atoms with Gasteiger partial charge in [0.2, 0.25) is 0 Å². The van der Waals surface area contributed by atoms with Crippen LogP contribution in [0.1, 0.15) is 36.0 Å². The predicted octanol–water partition coefficient (Wildman–Crippen LogP) is 5.94. The first-order valence-corrected chi connectivity index (χ1v) is 12.8. The molecule has 1 heterocycles. The number of oxime groups is 1. The molecule has 0 aliphatic carbocycles. The zero-order valence-corrected chi connectivity index (χ0v) is 19.7. The summed E-state index contributed by atoms with van der Waals surface area (Å²) in [7, 11) is -3.22. The van der Waals surface area contributed by atoms with Gasteiger partial charge >= 0.3 is 0 Å². The highest BCUT2D eigenvalue weighted by atomic mass is 32.2. The molecule has 0 bridgehead atoms. The van der Waals surface area contributed by atoms with E-state index in [9.17, 15) is 13.6 Å². The van der Waals surface area contributed by atoms with E-state index in [4.69, 9.17) is 0 Å². The van der Waals surface area contributed by atoms with Crippen molar-refractivity contribution in [2.24, 2.45) is 5.16 Å². The molecule has 1 N–H and O–H groups in total. The van der Waals surface area contributed by atoms with Gasteiger partial charge in [0.15, 0.2) is 9.84 Å². The van der Waals surface area contributed by atoms with Crippen molar-refractivity contribution in [3.63, 3.8) is 0 Å². The number of aromatic nitrogens is 1. The third kappa shape index (κ3) is 5.24. The summed E-state index contributed by atoms with van der Waals surface area (Å²) in [6.45, 7) is 1.65. The summed E-state index contributed by atoms with van der Waals surface area (Å²) in [5.74, 6) is 0.0759. The lowest BCUT2D eigenvalue weighted by Crippen LogP contribution is -2.10. The van der Waals surface area contributed by atoms with Crippen LogP contribution < -0.4 is 0 Å². The molecule has 0 spiro atoms. The summed E-state index contributed by atoms with van der Waals surface area (Å²) in [4.78, 5) is 4.39. The first-order chi connectivity index (χ1) is 16.5. The molecule has 0 aliphatic rings. The SMILES string of the molecule is CCS(=O)(=O)c1ccc(-c2ccc(C(C/C(=N/O)c3ccncc3)c3ccccc3)cc2)cc1. The fourth-order valence-corrected chi connectivity index (χ4v) is 4.88. The first-order valence-electron chi connectivity index (χ1n) is 11.1. The Balaban J connectivity index is 1.64. The van der Waals surface area contributed by atoms with Gasteiger partial charge in [-0.15, -0.1) is 0 Å². The molecule has 34 heavy (non-hydrogen) atoms. The molecular formula is C28H26N2O3S. The van der Waals surface area contributed by atoms with E-state index in [2.05, 4.69) is 34.4 Å². The van der Waals surface area contributed by atoms with Gasteiger partial charge < -0.3 is 5.21 Å². The second kappa shape index (κ2) is 10.4. The van der Waals surface area contributed by atoms with Crippen molar-refractivity contribution in [1.29, 1.82) is 0 Å². The number of rotatable bonds is 8. The zero-order chi connectivity index (χ0) is 24.0. The van der Waals surface area contributed by atoms with Gasteiger partial charge in [-0.25, -0.2) is 8.42 Å². The Morgan fingerprint density at radius 3 is 1.94 bits per heavy atom. The van der Waals surface area contributed by atoms with E-state index in [0.717, 1.165) is 27.8 Å². The van der Waals surface area contributed by atoms with Crippen LogP contribution >= 0.6 is 0 Å². The molecule has 4 aromatic rings. The molecule has 6 heteroatoms. The van der Waals surface area contributed by atoms with Crippen LogP contribution in [-0.4, -0.2) is 30.1 Å². The van der Waals surface area contributed by atoms with E-state index in [0.29, 0.717) is 17.0 Å². The van der Waals surface area contributed by atoms with Crippen LogP contribution in [0.15, 0.2) is 113 Å². The van der Waals surface area contributed by atoms with Gasteiger partial charge in [0, 0.05) is 30.3 Å². The number of hydrogen-bond acceptors (Lipinski definition) is 5. The van der Waals surface area contributed by atoms with E-state index in [-0.39, 0.29) is 11.7 Å². The van der Waals surface area contributed by atoms with Crippen LogP contribution in [0.4, 0.5) is 0 Å². The average Bonchev–Trinajstić information content (AvgIpc) is 2.90. The van der Waals surface area contributed by atoms with E-state index >= 15 is 0 Å². The molecule has 5 nitrogen and oxygen atoms in total. The Labute approximate surface area is 200 Å². The maximum absolute atomic E-state index is 12.1. The van der Waals surface area contributed by atoms with Gasteiger partial charge in [-0.2, -0.15) is 0 Å². The third-order valence-corrected chi connectivity index (χ3v) is 7.72. The van der Waals surface area contributed by atoms with Crippen molar-refractivity contribution < 1.29 is 13.6 Å². The lowest BCUT2D eigenvalue weighted by molar-refractivity contribution is 0.317. The Bertz CT molecular complexity index is 1350. The van der Waals surface area contributed by atoms with Crippen LogP contribution in [0, 0.1) is 0 Å². The standard InChI is InChI=1S/C28H26N2O3S/c1-2-34(32,33)26-14-12-22(13-15-26)21-8-10-24(11-9-21)27(23-6-4-3-5-7-23)20-28(30-31)25-16-18-29-19-17-25/h3-19,27,31H,2,20H2,1H3/b30-28-. The summed E-state index contributed by atoms with van der Waals surface area (Å²) in [6, 6.07) is 29.0. The Morgan fingerprint density at radius 1 is 0.824 bits per heavy atom. The minimum absolute atomic E-state index is 0.00797. The normalized spacial score (nSPS) is 12.9. The molecule has 3 aromatic carbocycles. The summed E-state index contributed by atoms with van der Waals surface area (Å²) in [5, 5.41) is 13.3. The number of benzene rings is 3. The lowest BCUT2D eigenvalue weighted by atomic mass is 9.85. The molecule has 1 aromatic heterocycles. The summed E-state index contributed by atoms with van der Waals surface area (Å²) in [5.41, 5.74) is 5.59. The summed E-state index contributed by atoms with van der Waals surface area (Å²) in [6.07, 6.45) is 3.89. The monoisotopic (exact) mass is 470 g/mol. The van der Waals surface area contributed by atoms with Crippen molar-refractivity contribution in [2.75, 3.05) is 5.75 Å². The van der Waals surface area contributed by atoms with Gasteiger partial charge in [0.1, 0.15) is 0 Å². The highest BCUT2D eigenvalue weighted by Crippen LogP contribution is 2.32. The predicted molar refractivity (Wildman–Crippen MR) is 135 cm³/mol. The largest absolute Gasteiger partial charge is 0.411 e. The maximum Gasteiger partial charge on any atom is 0.178 e. The topological polar surface area (TPSA) is 79.6 Å². The molecule has 172 valence electrons. The number of nitrogens with zero attached hydrogens (tertiary/aromatic N) is 2. The fraction of sp³-hybridized carbons (Fsp3) is 0.143. The second-order valence-corrected chi connectivity index (χ2v) is 10.3. The highest BCUT2D eigenvalue weighted by Gasteiger charge is 2.19. The Hall–Kier alpha value is -3.77. The van der Waals surface area contributed by atoms with Crippen LogP contribution in [0.2, 0.25) is 0 Å². The van der Waals surface area contributed by atoms with Gasteiger partial charge in [-0.3, -0.25) is 4.98 Å². The maximum atomic E-state index is 12.1. The van der Waals surface area contributed by atoms with E-state index in [1.54, 1.807) is 31.5 Å². The molecule has 0 saturated carbocycles. The molecule has 1 atom stereocenters. The van der Waals surface area contributed by atoms with E-state index < -0.39 is 9.84 Å². The van der Waals surface area contributed by atoms with E-state index in [1.165, 1.54) is 0 Å². The average molecular weight is 471 g/mol. The van der Waals surface area contributed by atoms with E-state index in [1.807, 2.05) is 54.6 Å². The van der Waals surface area contributed by atoms with Crippen LogP contribution in [-0.2, 0) is 9.84 Å². The van der Waals surface area contributed by atoms with Gasteiger partial charge in [0.05, 0.1) is 16.4 Å². The van der Waals surface area contributed by atoms with Crippen molar-refractivity contribution in [2.45, 2.75) is 24.2 Å². The molecule has 0 aliphatic heterocycles. The smallest absolute Gasteiger partial charge is 0.178 e. The van der Waals surface area contributed by atoms with Gasteiger partial charge in [-0.05, 0) is 46.5 Å². The van der Waals surface area contributed by atoms with Crippen molar-refractivity contribution in [3.8, 4) is 11.1 Å². The molecular weight excluding hydrogens is 444 g/mol. The molecule has 1 unspecified atom stereocenters. The van der Waals surface area contributed by atoms with Crippen molar-refractivity contribution >= 4 is 15.5 Å². The molecule has 0 radical (unpaired) electrons. The number of pyridine rings is 1. The number of hydrogen-bond donors (Lipinski definition) is 1. The van der Waals surface area contributed by atoms with Crippen LogP contribution in [0.3, 0.4) is 0 Å². The van der Waals surface area contributed by atoms with Crippen LogP contribution in [0.25, 0.3) is 11.1 Å². The first kappa shape index (κ1) is 23.4. The Kier molecular flexibility index (Phi) is 7.18. The van der Waals surface area contributed by atoms with Gasteiger partial charge in [-0.1, -0.05) is 78.8 Å². The molecule has 0 fully saturated rings. The third-order valence-electron chi connectivity index (χ3n) is 5.97.